The molecular formula is C12H18FN3. The number of likely N-dealkylation sites (N-methyl/N-ethyl adjacent to an activating group) is 1. The van der Waals surface area contributed by atoms with Gasteiger partial charge in [0.2, 0.25) is 0 Å². The molecule has 1 N–H and O–H groups in total. The van der Waals surface area contributed by atoms with E-state index in [1.54, 1.807) is 6.07 Å². The van der Waals surface area contributed by atoms with Gasteiger partial charge in [-0.2, -0.15) is 0 Å². The fraction of sp³-hybridized carbons (Fsp3) is 0.583. The summed E-state index contributed by atoms with van der Waals surface area (Å²) in [5.41, 5.74) is 0. The van der Waals surface area contributed by atoms with Crippen LogP contribution in [0.2, 0.25) is 0 Å². The Morgan fingerprint density at radius 3 is 3.00 bits per heavy atom. The van der Waals surface area contributed by atoms with Crippen molar-refractivity contribution in [3.05, 3.63) is 24.1 Å². The summed E-state index contributed by atoms with van der Waals surface area (Å²) < 4.78 is 12.8. The Kier molecular flexibility index (Phi) is 3.72. The molecule has 3 nitrogen and oxygen atoms in total. The van der Waals surface area contributed by atoms with Crippen molar-refractivity contribution in [3.63, 3.8) is 0 Å². The smallest absolute Gasteiger partial charge is 0.141 e. The first-order chi connectivity index (χ1) is 7.79. The molecule has 0 aliphatic carbocycles. The zero-order valence-corrected chi connectivity index (χ0v) is 9.62. The topological polar surface area (TPSA) is 28.2 Å². The molecule has 0 radical (unpaired) electrons. The molecule has 1 aromatic rings. The van der Waals surface area contributed by atoms with Crippen molar-refractivity contribution in [2.75, 3.05) is 24.5 Å². The van der Waals surface area contributed by atoms with Crippen molar-refractivity contribution in [2.24, 2.45) is 0 Å². The monoisotopic (exact) mass is 223 g/mol. The summed E-state index contributed by atoms with van der Waals surface area (Å²) >= 11 is 0. The van der Waals surface area contributed by atoms with E-state index in [0.29, 0.717) is 6.04 Å². The highest BCUT2D eigenvalue weighted by Gasteiger charge is 2.17. The van der Waals surface area contributed by atoms with Gasteiger partial charge < -0.3 is 10.2 Å². The molecular weight excluding hydrogens is 205 g/mol. The number of hydrogen-bond donors (Lipinski definition) is 1. The summed E-state index contributed by atoms with van der Waals surface area (Å²) in [5.74, 6) is 0.580. The third-order valence-electron chi connectivity index (χ3n) is 3.02. The third-order valence-corrected chi connectivity index (χ3v) is 3.02. The summed E-state index contributed by atoms with van der Waals surface area (Å²) in [6.07, 6.45) is 3.75. The first-order valence-electron chi connectivity index (χ1n) is 5.89. The molecule has 1 unspecified atom stereocenters. The highest BCUT2D eigenvalue weighted by molar-refractivity contribution is 5.38. The second kappa shape index (κ2) is 5.25. The van der Waals surface area contributed by atoms with Gasteiger partial charge in [0, 0.05) is 19.1 Å². The van der Waals surface area contributed by atoms with Crippen LogP contribution in [0.3, 0.4) is 0 Å². The minimum atomic E-state index is -0.279. The van der Waals surface area contributed by atoms with Crippen molar-refractivity contribution in [1.29, 1.82) is 0 Å². The van der Waals surface area contributed by atoms with E-state index in [1.165, 1.54) is 25.1 Å². The van der Waals surface area contributed by atoms with Gasteiger partial charge in [0.1, 0.15) is 11.6 Å². The van der Waals surface area contributed by atoms with Crippen LogP contribution in [-0.2, 0) is 0 Å². The number of rotatable bonds is 4. The molecule has 0 bridgehead atoms. The average Bonchev–Trinajstić information content (AvgIpc) is 2.80. The Morgan fingerprint density at radius 2 is 2.44 bits per heavy atom. The van der Waals surface area contributed by atoms with Gasteiger partial charge in [-0.15, -0.1) is 0 Å². The Balaban J connectivity index is 2.00. The van der Waals surface area contributed by atoms with Gasteiger partial charge in [-0.05, 0) is 38.4 Å². The highest BCUT2D eigenvalue weighted by Crippen LogP contribution is 2.14. The highest BCUT2D eigenvalue weighted by atomic mass is 19.1. The van der Waals surface area contributed by atoms with E-state index in [1.807, 2.05) is 0 Å². The van der Waals surface area contributed by atoms with Crippen LogP contribution in [0.25, 0.3) is 0 Å². The van der Waals surface area contributed by atoms with E-state index in [0.717, 1.165) is 25.5 Å². The molecule has 0 spiro atoms. The van der Waals surface area contributed by atoms with Gasteiger partial charge in [0.15, 0.2) is 0 Å². The lowest BCUT2D eigenvalue weighted by Crippen LogP contribution is -2.37. The Bertz CT molecular complexity index is 320. The molecule has 1 fully saturated rings. The van der Waals surface area contributed by atoms with Crippen molar-refractivity contribution < 1.29 is 4.39 Å². The SMILES string of the molecule is CCN(CC1CCCN1)c1ccc(F)cn1. The van der Waals surface area contributed by atoms with Crippen molar-refractivity contribution in [3.8, 4) is 0 Å². The van der Waals surface area contributed by atoms with Gasteiger partial charge in [-0.3, -0.25) is 0 Å². The largest absolute Gasteiger partial charge is 0.355 e. The lowest BCUT2D eigenvalue weighted by molar-refractivity contribution is 0.581. The van der Waals surface area contributed by atoms with E-state index in [-0.39, 0.29) is 5.82 Å². The number of anilines is 1. The normalized spacial score (nSPS) is 20.0. The second-order valence-corrected chi connectivity index (χ2v) is 4.17. The van der Waals surface area contributed by atoms with E-state index >= 15 is 0 Å². The molecule has 0 saturated carbocycles. The van der Waals surface area contributed by atoms with Crippen LogP contribution in [0.4, 0.5) is 10.2 Å². The molecule has 88 valence electrons. The van der Waals surface area contributed by atoms with Crippen LogP contribution >= 0.6 is 0 Å². The molecule has 0 aromatic carbocycles. The first kappa shape index (κ1) is 11.3. The minimum absolute atomic E-state index is 0.279. The van der Waals surface area contributed by atoms with Gasteiger partial charge >= 0.3 is 0 Å². The van der Waals surface area contributed by atoms with Gasteiger partial charge in [0.05, 0.1) is 6.20 Å². The zero-order chi connectivity index (χ0) is 11.4. The van der Waals surface area contributed by atoms with E-state index in [4.69, 9.17) is 0 Å². The summed E-state index contributed by atoms with van der Waals surface area (Å²) in [5, 5.41) is 3.46. The predicted molar refractivity (Wildman–Crippen MR) is 63.1 cm³/mol. The molecule has 4 heteroatoms. The maximum Gasteiger partial charge on any atom is 0.141 e. The molecule has 1 aliphatic rings. The number of aromatic nitrogens is 1. The lowest BCUT2D eigenvalue weighted by Gasteiger charge is -2.25. The molecule has 0 amide bonds. The van der Waals surface area contributed by atoms with Gasteiger partial charge in [-0.25, -0.2) is 9.37 Å². The summed E-state index contributed by atoms with van der Waals surface area (Å²) in [6.45, 7) is 5.06. The summed E-state index contributed by atoms with van der Waals surface area (Å²) in [4.78, 5) is 6.30. The van der Waals surface area contributed by atoms with Crippen LogP contribution in [0, 0.1) is 5.82 Å². The van der Waals surface area contributed by atoms with Gasteiger partial charge in [-0.1, -0.05) is 0 Å². The Morgan fingerprint density at radius 1 is 1.56 bits per heavy atom. The number of halogens is 1. The molecule has 1 aliphatic heterocycles. The second-order valence-electron chi connectivity index (χ2n) is 4.17. The molecule has 16 heavy (non-hydrogen) atoms. The maximum absolute atomic E-state index is 12.8. The maximum atomic E-state index is 12.8. The van der Waals surface area contributed by atoms with Crippen LogP contribution in [0.1, 0.15) is 19.8 Å². The molecule has 1 aromatic heterocycles. The number of nitrogens with one attached hydrogen (secondary N) is 1. The van der Waals surface area contributed by atoms with Crippen LogP contribution in [0.15, 0.2) is 18.3 Å². The van der Waals surface area contributed by atoms with Gasteiger partial charge in [0.25, 0.3) is 0 Å². The third kappa shape index (κ3) is 2.70. The van der Waals surface area contributed by atoms with E-state index in [9.17, 15) is 4.39 Å². The first-order valence-corrected chi connectivity index (χ1v) is 5.89. The van der Waals surface area contributed by atoms with Crippen molar-refractivity contribution in [2.45, 2.75) is 25.8 Å². The Hall–Kier alpha value is -1.16. The zero-order valence-electron chi connectivity index (χ0n) is 9.62. The fourth-order valence-electron chi connectivity index (χ4n) is 2.12. The van der Waals surface area contributed by atoms with Crippen molar-refractivity contribution in [1.82, 2.24) is 10.3 Å². The standard InChI is InChI=1S/C12H18FN3/c1-2-16(9-11-4-3-7-14-11)12-6-5-10(13)8-15-12/h5-6,8,11,14H,2-4,7,9H2,1H3. The minimum Gasteiger partial charge on any atom is -0.355 e. The van der Waals surface area contributed by atoms with Crippen LogP contribution in [-0.4, -0.2) is 30.7 Å². The molecule has 1 saturated heterocycles. The number of pyridine rings is 1. The molecule has 2 heterocycles. The molecule has 1 atom stereocenters. The number of nitrogens with zero attached hydrogens (tertiary/aromatic N) is 2. The fourth-order valence-corrected chi connectivity index (χ4v) is 2.12. The summed E-state index contributed by atoms with van der Waals surface area (Å²) in [7, 11) is 0. The predicted octanol–water partition coefficient (Wildman–Crippen LogP) is 1.80. The van der Waals surface area contributed by atoms with Crippen molar-refractivity contribution >= 4 is 5.82 Å². The quantitative estimate of drug-likeness (QED) is 0.843. The van der Waals surface area contributed by atoms with E-state index < -0.39 is 0 Å². The Labute approximate surface area is 95.7 Å². The van der Waals surface area contributed by atoms with Crippen LogP contribution in [0.5, 0.6) is 0 Å². The summed E-state index contributed by atoms with van der Waals surface area (Å²) in [6, 6.07) is 3.76. The number of hydrogen-bond acceptors (Lipinski definition) is 3. The van der Waals surface area contributed by atoms with Crippen LogP contribution < -0.4 is 10.2 Å². The molecule has 2 rings (SSSR count). The lowest BCUT2D eigenvalue weighted by atomic mass is 10.2. The average molecular weight is 223 g/mol. The van der Waals surface area contributed by atoms with E-state index in [2.05, 4.69) is 22.1 Å².